The summed E-state index contributed by atoms with van der Waals surface area (Å²) in [4.78, 5) is 19.0. The molecular formula is C48H52N6S. The monoisotopic (exact) mass is 744 g/mol. The molecule has 4 heterocycles. The number of nitrogens with one attached hydrogen (secondary N) is 2. The Morgan fingerprint density at radius 1 is 0.873 bits per heavy atom. The lowest BCUT2D eigenvalue weighted by Crippen LogP contribution is -2.59. The number of nitrogens with zero attached hydrogens (tertiary/aromatic N) is 3. The van der Waals surface area contributed by atoms with Crippen LogP contribution in [0.15, 0.2) is 163 Å². The molecule has 10 rings (SSSR count). The van der Waals surface area contributed by atoms with E-state index in [1.54, 1.807) is 0 Å². The zero-order valence-electron chi connectivity index (χ0n) is 31.6. The third-order valence-electron chi connectivity index (χ3n) is 13.2. The fraction of sp³-hybridized carbons (Fsp3) is 0.396. The Balaban J connectivity index is 1.06. The van der Waals surface area contributed by atoms with Crippen LogP contribution in [0.4, 0.5) is 0 Å². The largest absolute Gasteiger partial charge is 0.354 e. The minimum atomic E-state index is -0.518. The van der Waals surface area contributed by atoms with Crippen molar-refractivity contribution in [3.63, 3.8) is 0 Å². The molecule has 6 aliphatic carbocycles. The fourth-order valence-corrected chi connectivity index (χ4v) is 12.0. The molecule has 3 aliphatic heterocycles. The molecule has 8 atom stereocenters. The van der Waals surface area contributed by atoms with E-state index in [2.05, 4.69) is 108 Å². The molecule has 55 heavy (non-hydrogen) atoms. The Labute approximate surface area is 330 Å². The lowest BCUT2D eigenvalue weighted by atomic mass is 9.60. The lowest BCUT2D eigenvalue weighted by molar-refractivity contribution is 0.324. The maximum absolute atomic E-state index is 6.31. The van der Waals surface area contributed by atoms with Crippen molar-refractivity contribution >= 4 is 23.8 Å². The average Bonchev–Trinajstić information content (AvgIpc) is 3.26. The zero-order chi connectivity index (χ0) is 36.8. The molecule has 1 aromatic heterocycles. The minimum absolute atomic E-state index is 0.00760. The summed E-state index contributed by atoms with van der Waals surface area (Å²) in [5, 5.41) is 8.12. The van der Waals surface area contributed by atoms with Crippen LogP contribution in [0.25, 0.3) is 0 Å². The zero-order valence-corrected chi connectivity index (χ0v) is 32.4. The van der Waals surface area contributed by atoms with Crippen molar-refractivity contribution in [3.05, 3.63) is 158 Å². The van der Waals surface area contributed by atoms with Gasteiger partial charge in [-0.05, 0) is 139 Å². The summed E-state index contributed by atoms with van der Waals surface area (Å²) in [6, 6.07) is 6.65. The van der Waals surface area contributed by atoms with Gasteiger partial charge in [-0.25, -0.2) is 4.99 Å². The van der Waals surface area contributed by atoms with E-state index >= 15 is 0 Å². The van der Waals surface area contributed by atoms with E-state index in [1.165, 1.54) is 43.2 Å². The van der Waals surface area contributed by atoms with Gasteiger partial charge in [0.25, 0.3) is 0 Å². The Morgan fingerprint density at radius 2 is 1.84 bits per heavy atom. The van der Waals surface area contributed by atoms with Crippen molar-refractivity contribution in [2.24, 2.45) is 33.5 Å². The van der Waals surface area contributed by atoms with Gasteiger partial charge in [-0.2, -0.15) is 0 Å². The van der Waals surface area contributed by atoms with Crippen molar-refractivity contribution in [2.75, 3.05) is 0 Å². The highest BCUT2D eigenvalue weighted by Crippen LogP contribution is 2.61. The van der Waals surface area contributed by atoms with Crippen LogP contribution in [-0.4, -0.2) is 41.4 Å². The van der Waals surface area contributed by atoms with E-state index in [0.29, 0.717) is 11.8 Å². The second kappa shape index (κ2) is 15.0. The first-order valence-electron chi connectivity index (χ1n) is 20.8. The van der Waals surface area contributed by atoms with Gasteiger partial charge in [0.15, 0.2) is 0 Å². The highest BCUT2D eigenvalue weighted by molar-refractivity contribution is 8.07. The highest BCUT2D eigenvalue weighted by Gasteiger charge is 2.55. The number of dihydropyridines is 1. The van der Waals surface area contributed by atoms with Gasteiger partial charge >= 0.3 is 0 Å². The third-order valence-corrected chi connectivity index (χ3v) is 14.5. The molecule has 0 saturated carbocycles. The summed E-state index contributed by atoms with van der Waals surface area (Å²) in [7, 11) is 0. The smallest absolute Gasteiger partial charge is 0.129 e. The average molecular weight is 745 g/mol. The number of fused-ring (bicyclic) bond motifs is 2. The molecule has 0 amide bonds. The van der Waals surface area contributed by atoms with Gasteiger partial charge in [0, 0.05) is 29.3 Å². The number of rotatable bonds is 6. The molecular weight excluding hydrogens is 693 g/mol. The van der Waals surface area contributed by atoms with Crippen LogP contribution < -0.4 is 16.4 Å². The van der Waals surface area contributed by atoms with E-state index in [1.807, 2.05) is 30.2 Å². The SMILES string of the molecule is NC1C=CC2CC(C3=CC(C4NC(C5=CC=CCC5)=NC(C5=CCCC6=C5C(c5ccccn5)(C5CC=CC=N5)C5=CCCC=C5S6)N4)CC=C3)=CCC2C1. The molecule has 4 N–H and O–H groups in total. The van der Waals surface area contributed by atoms with Crippen LogP contribution >= 0.6 is 11.8 Å². The number of amidine groups is 1. The van der Waals surface area contributed by atoms with Crippen molar-refractivity contribution in [1.29, 1.82) is 0 Å². The molecule has 280 valence electrons. The van der Waals surface area contributed by atoms with Crippen LogP contribution in [0.1, 0.15) is 76.3 Å². The van der Waals surface area contributed by atoms with Gasteiger partial charge in [-0.1, -0.05) is 96.8 Å². The van der Waals surface area contributed by atoms with E-state index in [4.69, 9.17) is 20.7 Å². The molecule has 0 radical (unpaired) electrons. The van der Waals surface area contributed by atoms with Gasteiger partial charge in [0.1, 0.15) is 12.0 Å². The number of hydrogen-bond donors (Lipinski definition) is 3. The van der Waals surface area contributed by atoms with Crippen LogP contribution in [0, 0.1) is 17.8 Å². The summed E-state index contributed by atoms with van der Waals surface area (Å²) in [6.45, 7) is 0. The van der Waals surface area contributed by atoms with E-state index in [-0.39, 0.29) is 30.3 Å². The van der Waals surface area contributed by atoms with E-state index < -0.39 is 5.41 Å². The first kappa shape index (κ1) is 35.1. The summed E-state index contributed by atoms with van der Waals surface area (Å²) in [5.74, 6) is 2.55. The fourth-order valence-electron chi connectivity index (χ4n) is 10.6. The van der Waals surface area contributed by atoms with Gasteiger partial charge < -0.3 is 11.1 Å². The van der Waals surface area contributed by atoms with Gasteiger partial charge in [0.05, 0.1) is 23.3 Å². The molecule has 0 fully saturated rings. The Hall–Kier alpha value is -4.30. The Kier molecular flexibility index (Phi) is 9.57. The molecule has 9 aliphatic rings. The maximum atomic E-state index is 6.31. The van der Waals surface area contributed by atoms with Crippen molar-refractivity contribution in [3.8, 4) is 0 Å². The topological polar surface area (TPSA) is 87.7 Å². The van der Waals surface area contributed by atoms with Crippen LogP contribution in [0.3, 0.4) is 0 Å². The predicted octanol–water partition coefficient (Wildman–Crippen LogP) is 9.31. The number of thioether (sulfide) groups is 1. The number of pyridine rings is 1. The quantitative estimate of drug-likeness (QED) is 0.253. The second-order valence-electron chi connectivity index (χ2n) is 16.5. The maximum Gasteiger partial charge on any atom is 0.129 e. The van der Waals surface area contributed by atoms with Crippen molar-refractivity contribution in [1.82, 2.24) is 15.6 Å². The standard InChI is InChI=1S/C48H52N6S/c49-37-25-24-34-28-33(22-23-35(34)30-37)32-14-10-15-36(29-32)46-52-45(31-12-2-1-3-13-31)53-47(54-46)38-16-11-19-41-44(38)48(42-20-6-8-26-50-42,43-21-7-9-27-51-43)39-17-4-5-18-40(39)55-41/h1-2,6-10,12,14,16-18,20,22,24-27,29,34-37,43,46-47,54H,3-5,11,13,15,19,21,23,28,30,49H2,(H,52,53). The molecule has 0 saturated heterocycles. The predicted molar refractivity (Wildman–Crippen MR) is 228 cm³/mol. The van der Waals surface area contributed by atoms with Gasteiger partial charge in [0.2, 0.25) is 0 Å². The molecule has 1 aromatic rings. The first-order valence-corrected chi connectivity index (χ1v) is 21.6. The first-order chi connectivity index (χ1) is 27.1. The molecule has 8 unspecified atom stereocenters. The Bertz CT molecular complexity index is 2130. The van der Waals surface area contributed by atoms with Crippen LogP contribution in [0.5, 0.6) is 0 Å². The normalized spacial score (nSPS) is 35.1. The summed E-state index contributed by atoms with van der Waals surface area (Å²) < 4.78 is 0. The van der Waals surface area contributed by atoms with E-state index in [9.17, 15) is 0 Å². The number of nitrogens with two attached hydrogens (primary N) is 1. The summed E-state index contributed by atoms with van der Waals surface area (Å²) >= 11 is 1.99. The minimum Gasteiger partial charge on any atom is -0.354 e. The lowest BCUT2D eigenvalue weighted by Gasteiger charge is -2.50. The molecule has 0 bridgehead atoms. The molecule has 6 nitrogen and oxygen atoms in total. The Morgan fingerprint density at radius 3 is 2.71 bits per heavy atom. The second-order valence-corrected chi connectivity index (χ2v) is 17.6. The van der Waals surface area contributed by atoms with Crippen molar-refractivity contribution in [2.45, 2.75) is 100 Å². The third kappa shape index (κ3) is 6.42. The van der Waals surface area contributed by atoms with Crippen LogP contribution in [0.2, 0.25) is 0 Å². The summed E-state index contributed by atoms with van der Waals surface area (Å²) in [5.41, 5.74) is 15.1. The molecule has 7 heteroatoms. The van der Waals surface area contributed by atoms with Gasteiger partial charge in [-0.15, -0.1) is 0 Å². The number of hydrogen-bond acceptors (Lipinski definition) is 7. The molecule has 0 aromatic carbocycles. The van der Waals surface area contributed by atoms with E-state index in [0.717, 1.165) is 82.2 Å². The summed E-state index contributed by atoms with van der Waals surface area (Å²) in [6.07, 6.45) is 48.2. The highest BCUT2D eigenvalue weighted by atomic mass is 32.2. The van der Waals surface area contributed by atoms with Crippen molar-refractivity contribution < 1.29 is 0 Å². The number of aliphatic imine (C=N–C) groups is 2. The number of aromatic nitrogens is 1. The molecule has 0 spiro atoms. The van der Waals surface area contributed by atoms with Gasteiger partial charge in [-0.3, -0.25) is 15.3 Å². The number of allylic oxidation sites excluding steroid dienone is 15. The van der Waals surface area contributed by atoms with Crippen LogP contribution in [-0.2, 0) is 5.41 Å².